The molecule has 29 heavy (non-hydrogen) atoms. The Bertz CT molecular complexity index is 956. The number of carbonyl (C=O) groups is 1. The third-order valence-corrected chi connectivity index (χ3v) is 7.02. The Balaban J connectivity index is 2.16. The third kappa shape index (κ3) is 5.52. The van der Waals surface area contributed by atoms with E-state index in [1.54, 1.807) is 20.9 Å². The molecular formula is C18H23N3O6S2. The summed E-state index contributed by atoms with van der Waals surface area (Å²) in [5, 5.41) is 15.2. The number of sulfonamides is 1. The zero-order chi connectivity index (χ0) is 21.6. The van der Waals surface area contributed by atoms with E-state index in [4.69, 9.17) is 4.74 Å². The number of nitrogens with zero attached hydrogens (tertiary/aromatic N) is 3. The molecule has 0 bridgehead atoms. The summed E-state index contributed by atoms with van der Waals surface area (Å²) in [6.07, 6.45) is 0. The van der Waals surface area contributed by atoms with Crippen molar-refractivity contribution < 1.29 is 22.9 Å². The Morgan fingerprint density at radius 2 is 1.93 bits per heavy atom. The lowest BCUT2D eigenvalue weighted by Crippen LogP contribution is -2.31. The van der Waals surface area contributed by atoms with Gasteiger partial charge in [-0.05, 0) is 34.5 Å². The first kappa shape index (κ1) is 22.8. The van der Waals surface area contributed by atoms with Crippen LogP contribution >= 0.6 is 11.3 Å². The highest BCUT2D eigenvalue weighted by Crippen LogP contribution is 2.31. The van der Waals surface area contributed by atoms with Crippen molar-refractivity contribution in [3.8, 4) is 5.75 Å². The first-order valence-electron chi connectivity index (χ1n) is 8.87. The molecule has 0 aliphatic rings. The summed E-state index contributed by atoms with van der Waals surface area (Å²) in [5.41, 5.74) is 0.467. The maximum Gasteiger partial charge on any atom is 0.312 e. The molecule has 11 heteroatoms. The van der Waals surface area contributed by atoms with Gasteiger partial charge in [-0.15, -0.1) is 0 Å². The van der Waals surface area contributed by atoms with Crippen LogP contribution in [0.1, 0.15) is 19.4 Å². The van der Waals surface area contributed by atoms with Gasteiger partial charge in [-0.1, -0.05) is 13.8 Å². The standard InChI is InChI=1S/C18H23N3O6S2/c1-4-20(5-2)29(25,26)15-6-7-17(16(10-15)21(23)24)27-12-18(22)19(3)11-14-8-9-28-13-14/h6-10,13H,4-5,11-12H2,1-3H3. The van der Waals surface area contributed by atoms with Gasteiger partial charge in [-0.25, -0.2) is 8.42 Å². The average molecular weight is 442 g/mol. The smallest absolute Gasteiger partial charge is 0.312 e. The van der Waals surface area contributed by atoms with Gasteiger partial charge in [0.2, 0.25) is 10.0 Å². The molecule has 0 N–H and O–H groups in total. The lowest BCUT2D eigenvalue weighted by atomic mass is 10.3. The van der Waals surface area contributed by atoms with Crippen molar-refractivity contribution in [3.63, 3.8) is 0 Å². The van der Waals surface area contributed by atoms with Gasteiger partial charge in [0.25, 0.3) is 5.91 Å². The third-order valence-electron chi connectivity index (χ3n) is 4.25. The summed E-state index contributed by atoms with van der Waals surface area (Å²) >= 11 is 1.52. The maximum atomic E-state index is 12.6. The van der Waals surface area contributed by atoms with E-state index >= 15 is 0 Å². The molecule has 0 spiro atoms. The van der Waals surface area contributed by atoms with Crippen LogP contribution in [0.3, 0.4) is 0 Å². The summed E-state index contributed by atoms with van der Waals surface area (Å²) in [6, 6.07) is 5.31. The van der Waals surface area contributed by atoms with Crippen LogP contribution in [0.4, 0.5) is 5.69 Å². The summed E-state index contributed by atoms with van der Waals surface area (Å²) < 4.78 is 31.7. The zero-order valence-electron chi connectivity index (χ0n) is 16.4. The molecule has 0 atom stereocenters. The normalized spacial score (nSPS) is 11.4. The number of likely N-dealkylation sites (N-methyl/N-ethyl adjacent to an activating group) is 1. The van der Waals surface area contributed by atoms with Gasteiger partial charge in [0, 0.05) is 32.7 Å². The van der Waals surface area contributed by atoms with Crippen LogP contribution in [0.25, 0.3) is 0 Å². The Labute approximate surface area is 173 Å². The Morgan fingerprint density at radius 1 is 1.24 bits per heavy atom. The molecule has 1 amide bonds. The summed E-state index contributed by atoms with van der Waals surface area (Å²) in [5.74, 6) is -0.517. The Kier molecular flexibility index (Phi) is 7.71. The van der Waals surface area contributed by atoms with Crippen LogP contribution in [0.2, 0.25) is 0 Å². The second-order valence-electron chi connectivity index (χ2n) is 6.15. The first-order valence-corrected chi connectivity index (χ1v) is 11.2. The van der Waals surface area contributed by atoms with Crippen LogP contribution in [0, 0.1) is 10.1 Å². The first-order chi connectivity index (χ1) is 13.7. The summed E-state index contributed by atoms with van der Waals surface area (Å²) in [6.45, 7) is 3.86. The molecule has 1 aromatic heterocycles. The fourth-order valence-electron chi connectivity index (χ4n) is 2.63. The van der Waals surface area contributed by atoms with E-state index in [9.17, 15) is 23.3 Å². The van der Waals surface area contributed by atoms with Crippen molar-refractivity contribution >= 4 is 33.0 Å². The molecule has 1 aromatic carbocycles. The monoisotopic (exact) mass is 441 g/mol. The molecule has 2 aromatic rings. The van der Waals surface area contributed by atoms with Crippen molar-refractivity contribution in [3.05, 3.63) is 50.7 Å². The van der Waals surface area contributed by atoms with Gasteiger partial charge in [-0.3, -0.25) is 14.9 Å². The molecule has 0 saturated heterocycles. The van der Waals surface area contributed by atoms with E-state index in [-0.39, 0.29) is 29.6 Å². The van der Waals surface area contributed by atoms with Crippen LogP contribution in [-0.4, -0.2) is 55.2 Å². The Morgan fingerprint density at radius 3 is 2.48 bits per heavy atom. The molecule has 0 aliphatic heterocycles. The van der Waals surface area contributed by atoms with Crippen LogP contribution in [0.5, 0.6) is 5.75 Å². The van der Waals surface area contributed by atoms with Gasteiger partial charge in [0.05, 0.1) is 9.82 Å². The van der Waals surface area contributed by atoms with Crippen LogP contribution in [-0.2, 0) is 21.4 Å². The summed E-state index contributed by atoms with van der Waals surface area (Å²) in [7, 11) is -2.24. The molecule has 158 valence electrons. The number of nitro benzene ring substituents is 1. The lowest BCUT2D eigenvalue weighted by Gasteiger charge is -2.19. The number of hydrogen-bond acceptors (Lipinski definition) is 7. The van der Waals surface area contributed by atoms with Gasteiger partial charge in [0.15, 0.2) is 12.4 Å². The number of rotatable bonds is 10. The minimum atomic E-state index is -3.85. The van der Waals surface area contributed by atoms with Crippen molar-refractivity contribution in [1.29, 1.82) is 0 Å². The lowest BCUT2D eigenvalue weighted by molar-refractivity contribution is -0.386. The van der Waals surface area contributed by atoms with E-state index < -0.39 is 27.2 Å². The highest BCUT2D eigenvalue weighted by atomic mass is 32.2. The second kappa shape index (κ2) is 9.81. The maximum absolute atomic E-state index is 12.6. The van der Waals surface area contributed by atoms with Crippen molar-refractivity contribution in [2.45, 2.75) is 25.3 Å². The van der Waals surface area contributed by atoms with Crippen molar-refractivity contribution in [1.82, 2.24) is 9.21 Å². The molecule has 0 aliphatic carbocycles. The number of nitro groups is 1. The topological polar surface area (TPSA) is 110 Å². The van der Waals surface area contributed by atoms with Crippen molar-refractivity contribution in [2.24, 2.45) is 0 Å². The number of carbonyl (C=O) groups excluding carboxylic acids is 1. The molecule has 0 fully saturated rings. The van der Waals surface area contributed by atoms with Crippen LogP contribution in [0.15, 0.2) is 39.9 Å². The number of ether oxygens (including phenoxy) is 1. The van der Waals surface area contributed by atoms with E-state index in [0.29, 0.717) is 6.54 Å². The number of amides is 1. The number of hydrogen-bond donors (Lipinski definition) is 0. The highest BCUT2D eigenvalue weighted by molar-refractivity contribution is 7.89. The summed E-state index contributed by atoms with van der Waals surface area (Å²) in [4.78, 5) is 24.2. The molecule has 0 unspecified atom stereocenters. The van der Waals surface area contributed by atoms with E-state index in [1.165, 1.54) is 32.7 Å². The largest absolute Gasteiger partial charge is 0.477 e. The predicted octanol–water partition coefficient (Wildman–Crippen LogP) is 2.72. The molecule has 2 rings (SSSR count). The minimum absolute atomic E-state index is 0.161. The minimum Gasteiger partial charge on any atom is -0.477 e. The van der Waals surface area contributed by atoms with Crippen molar-refractivity contribution in [2.75, 3.05) is 26.7 Å². The number of thiophene rings is 1. The second-order valence-corrected chi connectivity index (χ2v) is 8.86. The van der Waals surface area contributed by atoms with Gasteiger partial charge < -0.3 is 9.64 Å². The van der Waals surface area contributed by atoms with Crippen LogP contribution < -0.4 is 4.74 Å². The van der Waals surface area contributed by atoms with E-state index in [1.807, 2.05) is 16.8 Å². The average Bonchev–Trinajstić information content (AvgIpc) is 3.19. The molecule has 1 heterocycles. The van der Waals surface area contributed by atoms with Gasteiger partial charge in [0.1, 0.15) is 0 Å². The van der Waals surface area contributed by atoms with Gasteiger partial charge >= 0.3 is 5.69 Å². The fraction of sp³-hybridized carbons (Fsp3) is 0.389. The molecule has 0 radical (unpaired) electrons. The SMILES string of the molecule is CCN(CC)S(=O)(=O)c1ccc(OCC(=O)N(C)Cc2ccsc2)c([N+](=O)[O-])c1. The Hall–Kier alpha value is -2.50. The number of benzene rings is 1. The van der Waals surface area contributed by atoms with E-state index in [2.05, 4.69) is 0 Å². The predicted molar refractivity (Wildman–Crippen MR) is 109 cm³/mol. The zero-order valence-corrected chi connectivity index (χ0v) is 18.0. The fourth-order valence-corrected chi connectivity index (χ4v) is 4.77. The molecule has 9 nitrogen and oxygen atoms in total. The quantitative estimate of drug-likeness (QED) is 0.414. The highest BCUT2D eigenvalue weighted by Gasteiger charge is 2.26. The van der Waals surface area contributed by atoms with E-state index in [0.717, 1.165) is 11.6 Å². The molecule has 0 saturated carbocycles. The van der Waals surface area contributed by atoms with Gasteiger partial charge in [-0.2, -0.15) is 15.6 Å². The molecular weight excluding hydrogens is 418 g/mol.